The van der Waals surface area contributed by atoms with Gasteiger partial charge in [-0.05, 0) is 25.2 Å². The monoisotopic (exact) mass is 206 g/mol. The van der Waals surface area contributed by atoms with Crippen LogP contribution in [0.3, 0.4) is 0 Å². The molecule has 0 bridgehead atoms. The van der Waals surface area contributed by atoms with Gasteiger partial charge in [-0.15, -0.1) is 0 Å². The van der Waals surface area contributed by atoms with Crippen molar-refractivity contribution in [3.8, 4) is 0 Å². The molecule has 0 N–H and O–H groups in total. The van der Waals surface area contributed by atoms with Gasteiger partial charge < -0.3 is 4.74 Å². The van der Waals surface area contributed by atoms with E-state index in [1.54, 1.807) is 0 Å². The second kappa shape index (κ2) is 2.87. The average Bonchev–Trinajstić information content (AvgIpc) is 2.51. The second-order valence-corrected chi connectivity index (χ2v) is 5.90. The van der Waals surface area contributed by atoms with Gasteiger partial charge in [-0.3, -0.25) is 4.79 Å². The number of allylic oxidation sites excluding steroid dienone is 2. The van der Waals surface area contributed by atoms with Crippen molar-refractivity contribution in [3.63, 3.8) is 0 Å². The van der Waals surface area contributed by atoms with E-state index in [4.69, 9.17) is 4.74 Å². The van der Waals surface area contributed by atoms with Gasteiger partial charge in [0.05, 0.1) is 5.92 Å². The summed E-state index contributed by atoms with van der Waals surface area (Å²) in [6, 6.07) is 0. The van der Waals surface area contributed by atoms with Crippen molar-refractivity contribution in [2.45, 2.75) is 39.2 Å². The summed E-state index contributed by atoms with van der Waals surface area (Å²) in [4.78, 5) is 11.8. The summed E-state index contributed by atoms with van der Waals surface area (Å²) in [5.74, 6) is 1.28. The van der Waals surface area contributed by atoms with Crippen LogP contribution in [-0.2, 0) is 9.53 Å². The zero-order valence-electron chi connectivity index (χ0n) is 9.40. The third-order valence-electron chi connectivity index (χ3n) is 4.41. The van der Waals surface area contributed by atoms with Crippen LogP contribution in [0.25, 0.3) is 0 Å². The SMILES string of the molecule is CC1(C)C[C@H]2C=CCC[C@@H]3C(=O)OC1C23. The quantitative estimate of drug-likeness (QED) is 0.449. The van der Waals surface area contributed by atoms with E-state index in [0.29, 0.717) is 11.8 Å². The number of hydrogen-bond acceptors (Lipinski definition) is 2. The van der Waals surface area contributed by atoms with E-state index >= 15 is 0 Å². The maximum atomic E-state index is 11.8. The molecule has 0 aromatic carbocycles. The van der Waals surface area contributed by atoms with Gasteiger partial charge in [0, 0.05) is 11.3 Å². The second-order valence-electron chi connectivity index (χ2n) is 5.90. The van der Waals surface area contributed by atoms with Gasteiger partial charge in [-0.25, -0.2) is 0 Å². The van der Waals surface area contributed by atoms with E-state index in [1.807, 2.05) is 0 Å². The summed E-state index contributed by atoms with van der Waals surface area (Å²) in [6.07, 6.45) is 7.96. The molecule has 2 nitrogen and oxygen atoms in total. The maximum absolute atomic E-state index is 11.8. The van der Waals surface area contributed by atoms with Crippen LogP contribution >= 0.6 is 0 Å². The Morgan fingerprint density at radius 3 is 3.07 bits per heavy atom. The summed E-state index contributed by atoms with van der Waals surface area (Å²) < 4.78 is 5.60. The van der Waals surface area contributed by atoms with Gasteiger partial charge in [-0.1, -0.05) is 26.0 Å². The van der Waals surface area contributed by atoms with E-state index in [9.17, 15) is 4.79 Å². The highest BCUT2D eigenvalue weighted by Gasteiger charge is 2.58. The number of esters is 1. The predicted molar refractivity (Wildman–Crippen MR) is 57.1 cm³/mol. The van der Waals surface area contributed by atoms with Crippen molar-refractivity contribution in [2.24, 2.45) is 23.2 Å². The first-order valence-corrected chi connectivity index (χ1v) is 5.97. The van der Waals surface area contributed by atoms with Crippen molar-refractivity contribution >= 4 is 5.97 Å². The Morgan fingerprint density at radius 1 is 1.47 bits per heavy atom. The summed E-state index contributed by atoms with van der Waals surface area (Å²) in [7, 11) is 0. The van der Waals surface area contributed by atoms with Crippen LogP contribution in [-0.4, -0.2) is 12.1 Å². The van der Waals surface area contributed by atoms with Gasteiger partial charge in [0.1, 0.15) is 6.10 Å². The highest BCUT2D eigenvalue weighted by atomic mass is 16.6. The van der Waals surface area contributed by atoms with E-state index in [-0.39, 0.29) is 23.4 Å². The molecule has 1 aliphatic heterocycles. The van der Waals surface area contributed by atoms with Crippen molar-refractivity contribution in [1.29, 1.82) is 0 Å². The first-order chi connectivity index (χ1) is 7.09. The standard InChI is InChI=1S/C13H18O2/c1-13(2)7-8-5-3-4-6-9-10(8)11(13)15-12(9)14/h3,5,8-11H,4,6-7H2,1-2H3/t8-,9+,10?,11?/m1/s1. The fourth-order valence-corrected chi connectivity index (χ4v) is 3.78. The summed E-state index contributed by atoms with van der Waals surface area (Å²) in [6.45, 7) is 4.46. The van der Waals surface area contributed by atoms with E-state index in [2.05, 4.69) is 26.0 Å². The minimum Gasteiger partial charge on any atom is -0.461 e. The molecule has 0 amide bonds. The molecule has 0 radical (unpaired) electrons. The van der Waals surface area contributed by atoms with Crippen molar-refractivity contribution < 1.29 is 9.53 Å². The normalized spacial score (nSPS) is 46.1. The van der Waals surface area contributed by atoms with Crippen molar-refractivity contribution in [1.82, 2.24) is 0 Å². The van der Waals surface area contributed by atoms with Crippen molar-refractivity contribution in [3.05, 3.63) is 12.2 Å². The van der Waals surface area contributed by atoms with Crippen LogP contribution in [0.1, 0.15) is 33.1 Å². The van der Waals surface area contributed by atoms with E-state index in [1.165, 1.54) is 6.42 Å². The molecule has 0 spiro atoms. The number of ether oxygens (including phenoxy) is 1. The largest absolute Gasteiger partial charge is 0.461 e. The zero-order valence-corrected chi connectivity index (χ0v) is 9.40. The maximum Gasteiger partial charge on any atom is 0.309 e. The molecule has 1 saturated heterocycles. The summed E-state index contributed by atoms with van der Waals surface area (Å²) >= 11 is 0. The molecule has 15 heavy (non-hydrogen) atoms. The first kappa shape index (κ1) is 9.44. The minimum atomic E-state index is 0.0616. The molecule has 3 rings (SSSR count). The lowest BCUT2D eigenvalue weighted by atomic mass is 9.82. The van der Waals surface area contributed by atoms with Crippen molar-refractivity contribution in [2.75, 3.05) is 0 Å². The fraction of sp³-hybridized carbons (Fsp3) is 0.769. The Hall–Kier alpha value is -0.790. The predicted octanol–water partition coefficient (Wildman–Crippen LogP) is 2.54. The highest BCUT2D eigenvalue weighted by Crippen LogP contribution is 2.55. The van der Waals surface area contributed by atoms with Gasteiger partial charge in [0.25, 0.3) is 0 Å². The molecular formula is C13H18O2. The molecule has 4 atom stereocenters. The Balaban J connectivity index is 2.01. The van der Waals surface area contributed by atoms with E-state index < -0.39 is 0 Å². The number of hydrogen-bond donors (Lipinski definition) is 0. The van der Waals surface area contributed by atoms with Crippen LogP contribution in [0.2, 0.25) is 0 Å². The highest BCUT2D eigenvalue weighted by molar-refractivity contribution is 5.76. The molecule has 2 fully saturated rings. The molecule has 3 aliphatic rings. The van der Waals surface area contributed by atoms with Crippen LogP contribution in [0, 0.1) is 23.2 Å². The third-order valence-corrected chi connectivity index (χ3v) is 4.41. The Bertz CT molecular complexity index is 329. The average molecular weight is 206 g/mol. The van der Waals surface area contributed by atoms with Crippen LogP contribution in [0.5, 0.6) is 0 Å². The molecular weight excluding hydrogens is 188 g/mol. The molecule has 1 saturated carbocycles. The zero-order chi connectivity index (χ0) is 10.6. The van der Waals surface area contributed by atoms with Crippen LogP contribution < -0.4 is 0 Å². The smallest absolute Gasteiger partial charge is 0.309 e. The molecule has 2 heteroatoms. The third kappa shape index (κ3) is 1.20. The van der Waals surface area contributed by atoms with Gasteiger partial charge in [-0.2, -0.15) is 0 Å². The number of carbonyl (C=O) groups is 1. The van der Waals surface area contributed by atoms with Crippen LogP contribution in [0.4, 0.5) is 0 Å². The van der Waals surface area contributed by atoms with Gasteiger partial charge >= 0.3 is 5.97 Å². The summed E-state index contributed by atoms with van der Waals surface area (Å²) in [5, 5.41) is 0. The van der Waals surface area contributed by atoms with Crippen LogP contribution in [0.15, 0.2) is 12.2 Å². The molecule has 1 heterocycles. The van der Waals surface area contributed by atoms with E-state index in [0.717, 1.165) is 12.8 Å². The minimum absolute atomic E-state index is 0.0616. The lowest BCUT2D eigenvalue weighted by molar-refractivity contribution is -0.147. The number of rotatable bonds is 0. The summed E-state index contributed by atoms with van der Waals surface area (Å²) in [5.41, 5.74) is 0.168. The molecule has 0 aromatic rings. The van der Waals surface area contributed by atoms with Gasteiger partial charge in [0.15, 0.2) is 0 Å². The molecule has 2 unspecified atom stereocenters. The first-order valence-electron chi connectivity index (χ1n) is 5.97. The Labute approximate surface area is 90.7 Å². The topological polar surface area (TPSA) is 26.3 Å². The van der Waals surface area contributed by atoms with Gasteiger partial charge in [0.2, 0.25) is 0 Å². The number of carbonyl (C=O) groups excluding carboxylic acids is 1. The Kier molecular flexibility index (Phi) is 1.80. The molecule has 2 aliphatic carbocycles. The Morgan fingerprint density at radius 2 is 2.27 bits per heavy atom. The molecule has 82 valence electrons. The lowest BCUT2D eigenvalue weighted by Gasteiger charge is -2.24. The fourth-order valence-electron chi connectivity index (χ4n) is 3.78. The lowest BCUT2D eigenvalue weighted by Crippen LogP contribution is -2.27. The molecule has 0 aromatic heterocycles.